The summed E-state index contributed by atoms with van der Waals surface area (Å²) in [5, 5.41) is 8.80. The first-order chi connectivity index (χ1) is 9.76. The van der Waals surface area contributed by atoms with E-state index >= 15 is 0 Å². The Morgan fingerprint density at radius 3 is 2.65 bits per heavy atom. The van der Waals surface area contributed by atoms with Crippen molar-refractivity contribution in [2.75, 3.05) is 26.1 Å². The third kappa shape index (κ3) is 3.07. The van der Waals surface area contributed by atoms with Gasteiger partial charge in [-0.25, -0.2) is 4.98 Å². The van der Waals surface area contributed by atoms with Crippen molar-refractivity contribution in [3.8, 4) is 23.1 Å². The van der Waals surface area contributed by atoms with Gasteiger partial charge in [0, 0.05) is 0 Å². The molecular formula is C13H15N3O4. The van der Waals surface area contributed by atoms with E-state index in [9.17, 15) is 0 Å². The lowest BCUT2D eigenvalue weighted by Gasteiger charge is -2.13. The zero-order valence-electron chi connectivity index (χ0n) is 10.9. The van der Waals surface area contributed by atoms with Crippen LogP contribution < -0.4 is 19.9 Å². The first-order valence-corrected chi connectivity index (χ1v) is 5.91. The third-order valence-electron chi connectivity index (χ3n) is 2.41. The van der Waals surface area contributed by atoms with Crippen molar-refractivity contribution in [2.45, 2.75) is 0 Å². The lowest BCUT2D eigenvalue weighted by Crippen LogP contribution is -2.07. The normalized spacial score (nSPS) is 10.1. The highest BCUT2D eigenvalue weighted by Crippen LogP contribution is 2.37. The molecule has 0 atom stereocenters. The van der Waals surface area contributed by atoms with E-state index in [0.717, 1.165) is 0 Å². The van der Waals surface area contributed by atoms with Gasteiger partial charge in [0.15, 0.2) is 17.3 Å². The van der Waals surface area contributed by atoms with Crippen LogP contribution >= 0.6 is 0 Å². The summed E-state index contributed by atoms with van der Waals surface area (Å²) in [6.07, 6.45) is 1.26. The molecule has 2 aromatic rings. The molecule has 0 aliphatic rings. The van der Waals surface area contributed by atoms with Crippen LogP contribution in [0.2, 0.25) is 0 Å². The van der Waals surface area contributed by atoms with Gasteiger partial charge in [0.05, 0.1) is 13.7 Å². The lowest BCUT2D eigenvalue weighted by molar-refractivity contribution is 0.192. The number of aliphatic hydroxyl groups excluding tert-OH is 1. The Morgan fingerprint density at radius 1 is 1.20 bits per heavy atom. The van der Waals surface area contributed by atoms with Gasteiger partial charge in [-0.15, -0.1) is 0 Å². The van der Waals surface area contributed by atoms with Crippen molar-refractivity contribution >= 4 is 5.82 Å². The standard InChI is InChI=1S/C13H15N3O4/c1-18-9-4-2-3-5-10(9)20-11-12(14)15-8-16-13(11)19-7-6-17/h2-5,8,17H,6-7H2,1H3,(H2,14,15,16). The molecule has 3 N–H and O–H groups in total. The molecule has 7 heteroatoms. The average molecular weight is 277 g/mol. The molecule has 0 fully saturated rings. The van der Waals surface area contributed by atoms with Crippen LogP contribution in [-0.4, -0.2) is 35.4 Å². The summed E-state index contributed by atoms with van der Waals surface area (Å²) in [6, 6.07) is 7.09. The molecule has 0 radical (unpaired) electrons. The summed E-state index contributed by atoms with van der Waals surface area (Å²) in [5.41, 5.74) is 5.77. The maximum Gasteiger partial charge on any atom is 0.263 e. The molecule has 0 aliphatic heterocycles. The quantitative estimate of drug-likeness (QED) is 0.819. The highest BCUT2D eigenvalue weighted by molar-refractivity contribution is 5.55. The fourth-order valence-corrected chi connectivity index (χ4v) is 1.52. The van der Waals surface area contributed by atoms with E-state index in [1.54, 1.807) is 18.2 Å². The molecule has 0 amide bonds. The monoisotopic (exact) mass is 277 g/mol. The number of benzene rings is 1. The first-order valence-electron chi connectivity index (χ1n) is 5.91. The van der Waals surface area contributed by atoms with Gasteiger partial charge in [-0.3, -0.25) is 0 Å². The van der Waals surface area contributed by atoms with Crippen molar-refractivity contribution < 1.29 is 19.3 Å². The van der Waals surface area contributed by atoms with Gasteiger partial charge in [-0.2, -0.15) is 4.98 Å². The van der Waals surface area contributed by atoms with Crippen molar-refractivity contribution in [1.82, 2.24) is 9.97 Å². The zero-order chi connectivity index (χ0) is 14.4. The van der Waals surface area contributed by atoms with Crippen LogP contribution in [0.1, 0.15) is 0 Å². The number of nitrogens with zero attached hydrogens (tertiary/aromatic N) is 2. The summed E-state index contributed by atoms with van der Waals surface area (Å²) in [4.78, 5) is 7.80. The summed E-state index contributed by atoms with van der Waals surface area (Å²) in [7, 11) is 1.54. The van der Waals surface area contributed by atoms with Crippen molar-refractivity contribution in [2.24, 2.45) is 0 Å². The van der Waals surface area contributed by atoms with E-state index in [1.807, 2.05) is 6.07 Å². The topological polar surface area (TPSA) is 99.7 Å². The van der Waals surface area contributed by atoms with Crippen LogP contribution in [0.5, 0.6) is 23.1 Å². The Morgan fingerprint density at radius 2 is 1.95 bits per heavy atom. The van der Waals surface area contributed by atoms with Gasteiger partial charge < -0.3 is 25.1 Å². The predicted molar refractivity (Wildman–Crippen MR) is 72.1 cm³/mol. The van der Waals surface area contributed by atoms with Crippen molar-refractivity contribution in [1.29, 1.82) is 0 Å². The fourth-order valence-electron chi connectivity index (χ4n) is 1.52. The number of anilines is 1. The van der Waals surface area contributed by atoms with Crippen LogP contribution in [0, 0.1) is 0 Å². The Bertz CT molecular complexity index is 577. The zero-order valence-corrected chi connectivity index (χ0v) is 10.9. The fraction of sp³-hybridized carbons (Fsp3) is 0.231. The largest absolute Gasteiger partial charge is 0.493 e. The summed E-state index contributed by atoms with van der Waals surface area (Å²) in [5.74, 6) is 1.50. The number of methoxy groups -OCH3 is 1. The number of aliphatic hydroxyl groups is 1. The van der Waals surface area contributed by atoms with E-state index in [2.05, 4.69) is 9.97 Å². The van der Waals surface area contributed by atoms with E-state index in [-0.39, 0.29) is 30.7 Å². The number of nitrogen functional groups attached to an aromatic ring is 1. The average Bonchev–Trinajstić information content (AvgIpc) is 2.48. The van der Waals surface area contributed by atoms with Crippen molar-refractivity contribution in [3.05, 3.63) is 30.6 Å². The number of nitrogens with two attached hydrogens (primary N) is 1. The molecule has 0 saturated heterocycles. The molecule has 106 valence electrons. The second-order valence-corrected chi connectivity index (χ2v) is 3.72. The summed E-state index contributed by atoms with van der Waals surface area (Å²) in [6.45, 7) is -0.0588. The molecule has 1 heterocycles. The number of ether oxygens (including phenoxy) is 3. The molecule has 1 aromatic carbocycles. The van der Waals surface area contributed by atoms with E-state index in [1.165, 1.54) is 13.4 Å². The molecule has 0 unspecified atom stereocenters. The third-order valence-corrected chi connectivity index (χ3v) is 2.41. The van der Waals surface area contributed by atoms with E-state index in [4.69, 9.17) is 25.1 Å². The maximum atomic E-state index is 8.80. The molecule has 20 heavy (non-hydrogen) atoms. The molecule has 0 bridgehead atoms. The molecule has 0 aliphatic carbocycles. The molecule has 1 aromatic heterocycles. The molecule has 0 spiro atoms. The van der Waals surface area contributed by atoms with Gasteiger partial charge in [0.25, 0.3) is 5.88 Å². The Kier molecular flexibility index (Phi) is 4.56. The first kappa shape index (κ1) is 13.9. The van der Waals surface area contributed by atoms with E-state index < -0.39 is 0 Å². The smallest absolute Gasteiger partial charge is 0.263 e. The van der Waals surface area contributed by atoms with Crippen LogP contribution in [0.4, 0.5) is 5.82 Å². The minimum absolute atomic E-state index is 0.0821. The van der Waals surface area contributed by atoms with Crippen molar-refractivity contribution in [3.63, 3.8) is 0 Å². The molecular weight excluding hydrogens is 262 g/mol. The predicted octanol–water partition coefficient (Wildman–Crippen LogP) is 1.23. The van der Waals surface area contributed by atoms with Gasteiger partial charge in [-0.05, 0) is 12.1 Å². The second-order valence-electron chi connectivity index (χ2n) is 3.72. The molecule has 7 nitrogen and oxygen atoms in total. The van der Waals surface area contributed by atoms with Gasteiger partial charge in [-0.1, -0.05) is 12.1 Å². The van der Waals surface area contributed by atoms with Crippen LogP contribution in [0.3, 0.4) is 0 Å². The minimum atomic E-state index is -0.141. The van der Waals surface area contributed by atoms with Gasteiger partial charge in [0.2, 0.25) is 5.75 Å². The minimum Gasteiger partial charge on any atom is -0.493 e. The second kappa shape index (κ2) is 6.58. The Hall–Kier alpha value is -2.54. The lowest BCUT2D eigenvalue weighted by atomic mass is 10.3. The SMILES string of the molecule is COc1ccccc1Oc1c(N)ncnc1OCCO. The van der Waals surface area contributed by atoms with Crippen LogP contribution in [-0.2, 0) is 0 Å². The number of rotatable bonds is 6. The van der Waals surface area contributed by atoms with Gasteiger partial charge >= 0.3 is 0 Å². The van der Waals surface area contributed by atoms with Gasteiger partial charge in [0.1, 0.15) is 12.9 Å². The number of aromatic nitrogens is 2. The van der Waals surface area contributed by atoms with Crippen LogP contribution in [0.15, 0.2) is 30.6 Å². The summed E-state index contributed by atoms with van der Waals surface area (Å²) < 4.78 is 16.1. The Labute approximate surface area is 115 Å². The van der Waals surface area contributed by atoms with E-state index in [0.29, 0.717) is 11.5 Å². The highest BCUT2D eigenvalue weighted by Gasteiger charge is 2.15. The molecule has 2 rings (SSSR count). The number of hydrogen-bond donors (Lipinski definition) is 2. The maximum absolute atomic E-state index is 8.80. The number of hydrogen-bond acceptors (Lipinski definition) is 7. The molecule has 0 saturated carbocycles. The summed E-state index contributed by atoms with van der Waals surface area (Å²) >= 11 is 0. The number of para-hydroxylation sites is 2. The van der Waals surface area contributed by atoms with Crippen LogP contribution in [0.25, 0.3) is 0 Å². The Balaban J connectivity index is 2.32. The highest BCUT2D eigenvalue weighted by atomic mass is 16.5.